The summed E-state index contributed by atoms with van der Waals surface area (Å²) < 4.78 is 23.0. The Bertz CT molecular complexity index is 2240. The molecule has 4 aromatic rings. The molecule has 3 fully saturated rings. The molecule has 2 aromatic carbocycles. The Balaban J connectivity index is 1.08. The smallest absolute Gasteiger partial charge is 0.408 e. The highest BCUT2D eigenvalue weighted by Crippen LogP contribution is 2.75. The van der Waals surface area contributed by atoms with Crippen molar-refractivity contribution in [2.75, 3.05) is 50.1 Å². The van der Waals surface area contributed by atoms with E-state index in [1.54, 1.807) is 24.2 Å². The fraction of sp³-hybridized carbons (Fsp3) is 0.500. The van der Waals surface area contributed by atoms with E-state index in [1.165, 1.54) is 4.90 Å². The lowest BCUT2D eigenvalue weighted by molar-refractivity contribution is -0.205. The third-order valence-corrected chi connectivity index (χ3v) is 12.7. The maximum absolute atomic E-state index is 14.6. The van der Waals surface area contributed by atoms with Gasteiger partial charge < -0.3 is 39.2 Å². The number of nitrogens with zero attached hydrogens (tertiary/aromatic N) is 3. The lowest BCUT2D eigenvalue weighted by Gasteiger charge is -2.69. The Hall–Kier alpha value is -4.36. The van der Waals surface area contributed by atoms with E-state index < -0.39 is 24.7 Å². The highest BCUT2D eigenvalue weighted by atomic mass is 31.2. The molecule has 9 rings (SSSR count). The number of nitrogens with one attached hydrogen (secondary N) is 3. The minimum atomic E-state index is -4.88. The van der Waals surface area contributed by atoms with Crippen LogP contribution < -0.4 is 24.4 Å². The second kappa shape index (κ2) is 12.3. The summed E-state index contributed by atoms with van der Waals surface area (Å²) in [6.07, 6.45) is 6.10. The number of carbonyl (C=O) groups excluding carboxylic acids is 3. The maximum Gasteiger partial charge on any atom is 0.524 e. The number of phosphoric ester groups is 1. The predicted molar refractivity (Wildman–Crippen MR) is 201 cm³/mol. The third kappa shape index (κ3) is 5.32. The lowest BCUT2D eigenvalue weighted by atomic mass is 9.34. The summed E-state index contributed by atoms with van der Waals surface area (Å²) in [5.74, 6) is 0.439. The molecule has 282 valence electrons. The summed E-state index contributed by atoms with van der Waals surface area (Å²) in [6.45, 7) is 10.2. The van der Waals surface area contributed by atoms with Crippen LogP contribution in [0.3, 0.4) is 0 Å². The lowest BCUT2D eigenvalue weighted by Crippen LogP contribution is -2.72. The van der Waals surface area contributed by atoms with Gasteiger partial charge in [0.05, 0.1) is 33.2 Å². The van der Waals surface area contributed by atoms with Gasteiger partial charge in [0.15, 0.2) is 11.5 Å². The Morgan fingerprint density at radius 1 is 0.887 bits per heavy atom. The van der Waals surface area contributed by atoms with Gasteiger partial charge in [0, 0.05) is 80.4 Å². The van der Waals surface area contributed by atoms with Crippen molar-refractivity contribution in [3.8, 4) is 11.5 Å². The third-order valence-electron chi connectivity index (χ3n) is 12.3. The van der Waals surface area contributed by atoms with Crippen molar-refractivity contribution in [2.24, 2.45) is 10.8 Å². The van der Waals surface area contributed by atoms with E-state index in [4.69, 9.17) is 9.26 Å². The van der Waals surface area contributed by atoms with Crippen LogP contribution in [-0.2, 0) is 14.2 Å². The van der Waals surface area contributed by atoms with Gasteiger partial charge in [-0.15, -0.1) is 0 Å². The molecule has 5 aliphatic rings. The van der Waals surface area contributed by atoms with Gasteiger partial charge in [-0.25, -0.2) is 9.36 Å². The van der Waals surface area contributed by atoms with Crippen molar-refractivity contribution in [3.05, 3.63) is 46.8 Å². The number of aromatic amines is 2. The highest BCUT2D eigenvalue weighted by Gasteiger charge is 2.76. The van der Waals surface area contributed by atoms with Gasteiger partial charge in [-0.05, 0) is 75.3 Å². The van der Waals surface area contributed by atoms with Crippen molar-refractivity contribution in [2.45, 2.75) is 71.6 Å². The zero-order valence-electron chi connectivity index (χ0n) is 31.0. The van der Waals surface area contributed by atoms with Crippen molar-refractivity contribution < 1.29 is 38.0 Å². The molecular formula is C38H47N6O8P. The van der Waals surface area contributed by atoms with Crippen LogP contribution in [0.4, 0.5) is 16.2 Å². The van der Waals surface area contributed by atoms with Crippen LogP contribution in [0.25, 0.3) is 21.8 Å². The molecule has 2 bridgehead atoms. The zero-order chi connectivity index (χ0) is 37.8. The molecule has 0 unspecified atom stereocenters. The molecule has 0 radical (unpaired) electrons. The SMILES string of the molecule is CC[C@@H]1CN(C(=O)C23CC(C(=O)N4C[C@@H](CC)c5c4cc(OP(=O)(O)O)c4[nH]cc(C)c54)(C2)C3)c2cc(OC(=O)N(C)CCNC)c3[nH]cc(C)c3c21. The normalized spacial score (nSPS) is 24.2. The summed E-state index contributed by atoms with van der Waals surface area (Å²) in [6, 6.07) is 3.40. The molecule has 14 nitrogen and oxygen atoms in total. The standard InChI is InChI=1S/C38H47N6O8P/c1-7-22-15-43(24-11-26(51-36(47)42(6)10-9-39-5)32-28(30(22)24)20(3)13-40-32)34(45)37-17-38(18-37,19-37)35(46)44-16-23(8-2)31-25(44)12-27(52-53(48,49)50)33-29(31)21(4)14-41-33/h11-14,22-23,39-41H,7-10,15-19H2,1-6H3,(H2,48,49,50)/t22-,23-,37?,38?/m1/s1. The first-order valence-electron chi connectivity index (χ1n) is 18.4. The number of rotatable bonds is 10. The van der Waals surface area contributed by atoms with Gasteiger partial charge in [-0.1, -0.05) is 13.8 Å². The van der Waals surface area contributed by atoms with E-state index in [9.17, 15) is 28.7 Å². The Labute approximate surface area is 307 Å². The van der Waals surface area contributed by atoms with E-state index in [0.29, 0.717) is 62.4 Å². The number of likely N-dealkylation sites (N-methyl/N-ethyl adjacent to an activating group) is 2. The summed E-state index contributed by atoms with van der Waals surface area (Å²) in [4.78, 5) is 73.2. The monoisotopic (exact) mass is 746 g/mol. The van der Waals surface area contributed by atoms with Crippen molar-refractivity contribution in [3.63, 3.8) is 0 Å². The van der Waals surface area contributed by atoms with Gasteiger partial charge in [-0.3, -0.25) is 19.4 Å². The quantitative estimate of drug-likeness (QED) is 0.123. The molecule has 53 heavy (non-hydrogen) atoms. The van der Waals surface area contributed by atoms with Crippen LogP contribution in [0.2, 0.25) is 0 Å². The number of hydrogen-bond donors (Lipinski definition) is 5. The number of ether oxygens (including phenoxy) is 1. The molecule has 2 aliphatic heterocycles. The number of amides is 3. The van der Waals surface area contributed by atoms with Crippen molar-refractivity contribution in [1.82, 2.24) is 20.2 Å². The molecule has 2 aromatic heterocycles. The molecule has 3 aliphatic carbocycles. The van der Waals surface area contributed by atoms with Crippen molar-refractivity contribution >= 4 is 58.9 Å². The molecule has 3 amide bonds. The topological polar surface area (TPSA) is 181 Å². The first-order valence-corrected chi connectivity index (χ1v) is 19.9. The van der Waals surface area contributed by atoms with E-state index in [-0.39, 0.29) is 29.4 Å². The number of benzene rings is 2. The van der Waals surface area contributed by atoms with Crippen LogP contribution in [0.1, 0.15) is 80.0 Å². The van der Waals surface area contributed by atoms with Crippen LogP contribution in [0, 0.1) is 24.7 Å². The first kappa shape index (κ1) is 35.7. The van der Waals surface area contributed by atoms with Gasteiger partial charge in [0.25, 0.3) is 0 Å². The first-order chi connectivity index (χ1) is 25.2. The van der Waals surface area contributed by atoms with Gasteiger partial charge in [0.2, 0.25) is 11.8 Å². The summed E-state index contributed by atoms with van der Waals surface area (Å²) >= 11 is 0. The molecule has 2 atom stereocenters. The second-order valence-electron chi connectivity index (χ2n) is 15.7. The largest absolute Gasteiger partial charge is 0.524 e. The minimum Gasteiger partial charge on any atom is -0.408 e. The maximum atomic E-state index is 14.6. The van der Waals surface area contributed by atoms with E-state index in [2.05, 4.69) is 29.1 Å². The Morgan fingerprint density at radius 2 is 1.36 bits per heavy atom. The average molecular weight is 747 g/mol. The molecule has 4 heterocycles. The van der Waals surface area contributed by atoms with E-state index in [0.717, 1.165) is 57.1 Å². The fourth-order valence-corrected chi connectivity index (χ4v) is 10.1. The molecule has 5 N–H and O–H groups in total. The molecule has 3 saturated carbocycles. The molecule has 15 heteroatoms. The number of hydrogen-bond acceptors (Lipinski definition) is 7. The molecule has 0 spiro atoms. The van der Waals surface area contributed by atoms with Crippen LogP contribution >= 0.6 is 7.82 Å². The second-order valence-corrected chi connectivity index (χ2v) is 16.8. The van der Waals surface area contributed by atoms with E-state index >= 15 is 0 Å². The van der Waals surface area contributed by atoms with Gasteiger partial charge in [0.1, 0.15) is 0 Å². The zero-order valence-corrected chi connectivity index (χ0v) is 31.9. The number of fused-ring (bicyclic) bond motifs is 6. The number of aromatic nitrogens is 2. The minimum absolute atomic E-state index is 0.00131. The number of carbonyl (C=O) groups is 3. The number of phosphoric acid groups is 1. The van der Waals surface area contributed by atoms with E-state index in [1.807, 2.05) is 38.1 Å². The van der Waals surface area contributed by atoms with Crippen LogP contribution in [-0.4, -0.2) is 82.8 Å². The predicted octanol–water partition coefficient (Wildman–Crippen LogP) is 5.94. The number of H-pyrrole nitrogens is 2. The number of anilines is 2. The Morgan fingerprint density at radius 3 is 1.81 bits per heavy atom. The van der Waals surface area contributed by atoms with Crippen LogP contribution in [0.5, 0.6) is 11.5 Å². The molecule has 0 saturated heterocycles. The molecular weight excluding hydrogens is 699 g/mol. The fourth-order valence-electron chi connectivity index (χ4n) is 9.71. The highest BCUT2D eigenvalue weighted by molar-refractivity contribution is 7.46. The average Bonchev–Trinajstić information content (AvgIpc) is 3.84. The van der Waals surface area contributed by atoms with Gasteiger partial charge in [-0.2, -0.15) is 0 Å². The van der Waals surface area contributed by atoms with Crippen molar-refractivity contribution in [1.29, 1.82) is 0 Å². The van der Waals surface area contributed by atoms with Gasteiger partial charge >= 0.3 is 13.9 Å². The summed E-state index contributed by atoms with van der Waals surface area (Å²) in [5, 5.41) is 4.83. The summed E-state index contributed by atoms with van der Waals surface area (Å²) in [7, 11) is -1.37. The Kier molecular flexibility index (Phi) is 8.30. The summed E-state index contributed by atoms with van der Waals surface area (Å²) in [5.41, 5.74) is 5.20. The van der Waals surface area contributed by atoms with Crippen LogP contribution in [0.15, 0.2) is 24.5 Å². The number of aryl methyl sites for hydroxylation is 2.